The average molecular weight is 330 g/mol. The van der Waals surface area contributed by atoms with Gasteiger partial charge in [0.15, 0.2) is 5.82 Å². The van der Waals surface area contributed by atoms with Crippen molar-refractivity contribution in [2.75, 3.05) is 19.8 Å². The van der Waals surface area contributed by atoms with Crippen LogP contribution in [0.25, 0.3) is 0 Å². The molecule has 0 saturated carbocycles. The van der Waals surface area contributed by atoms with Crippen molar-refractivity contribution in [1.82, 2.24) is 20.4 Å². The van der Waals surface area contributed by atoms with Crippen LogP contribution in [0.3, 0.4) is 0 Å². The molecule has 7 nitrogen and oxygen atoms in total. The molecule has 0 radical (unpaired) electrons. The van der Waals surface area contributed by atoms with E-state index in [0.29, 0.717) is 44.1 Å². The molecule has 1 aromatic heterocycles. The Hall–Kier alpha value is -2.25. The van der Waals surface area contributed by atoms with Gasteiger partial charge in [-0.3, -0.25) is 9.69 Å². The number of amides is 1. The van der Waals surface area contributed by atoms with Crippen LogP contribution in [0.2, 0.25) is 0 Å². The van der Waals surface area contributed by atoms with Crippen LogP contribution in [-0.2, 0) is 29.0 Å². The largest absolute Gasteiger partial charge is 0.379 e. The second kappa shape index (κ2) is 8.03. The fourth-order valence-corrected chi connectivity index (χ4v) is 2.60. The number of rotatable bonds is 6. The van der Waals surface area contributed by atoms with Crippen molar-refractivity contribution in [3.05, 3.63) is 47.6 Å². The van der Waals surface area contributed by atoms with E-state index in [2.05, 4.69) is 27.3 Å². The van der Waals surface area contributed by atoms with E-state index < -0.39 is 0 Å². The third-order valence-electron chi connectivity index (χ3n) is 4.00. The van der Waals surface area contributed by atoms with Crippen LogP contribution < -0.4 is 5.32 Å². The smallest absolute Gasteiger partial charge is 0.240 e. The Bertz CT molecular complexity index is 659. The summed E-state index contributed by atoms with van der Waals surface area (Å²) >= 11 is 0. The zero-order chi connectivity index (χ0) is 16.8. The number of carbonyl (C=O) groups excluding carboxylic acids is 1. The summed E-state index contributed by atoms with van der Waals surface area (Å²) in [4.78, 5) is 18.5. The lowest BCUT2D eigenvalue weighted by Crippen LogP contribution is -2.42. The average Bonchev–Trinajstić information content (AvgIpc) is 3.03. The molecule has 0 aliphatic carbocycles. The van der Waals surface area contributed by atoms with Gasteiger partial charge in [0.25, 0.3) is 0 Å². The lowest BCUT2D eigenvalue weighted by molar-refractivity contribution is -0.120. The molecule has 3 rings (SSSR count). The molecule has 1 aliphatic heterocycles. The molecular formula is C17H22N4O3. The number of ether oxygens (including phenoxy) is 1. The van der Waals surface area contributed by atoms with Gasteiger partial charge in [-0.1, -0.05) is 35.5 Å². The van der Waals surface area contributed by atoms with E-state index in [1.807, 2.05) is 30.3 Å². The highest BCUT2D eigenvalue weighted by Gasteiger charge is 2.21. The van der Waals surface area contributed by atoms with E-state index in [-0.39, 0.29) is 12.3 Å². The topological polar surface area (TPSA) is 80.5 Å². The van der Waals surface area contributed by atoms with Crippen LogP contribution in [0, 0.1) is 0 Å². The third-order valence-corrected chi connectivity index (χ3v) is 4.00. The monoisotopic (exact) mass is 330 g/mol. The summed E-state index contributed by atoms with van der Waals surface area (Å²) in [6, 6.07) is 10.1. The predicted octanol–water partition coefficient (Wildman–Crippen LogP) is 1.15. The fourth-order valence-electron chi connectivity index (χ4n) is 2.60. The van der Waals surface area contributed by atoms with Crippen molar-refractivity contribution < 1.29 is 14.1 Å². The van der Waals surface area contributed by atoms with E-state index in [1.165, 1.54) is 0 Å². The first-order valence-electron chi connectivity index (χ1n) is 8.14. The lowest BCUT2D eigenvalue weighted by atomic mass is 10.2. The Kier molecular flexibility index (Phi) is 5.55. The summed E-state index contributed by atoms with van der Waals surface area (Å²) in [5.41, 5.74) is 1.06. The third kappa shape index (κ3) is 4.62. The minimum Gasteiger partial charge on any atom is -0.379 e. The SMILES string of the molecule is C[C@@H]1COCCN1Cc1nc(CC(=O)NCc2ccccc2)no1. The van der Waals surface area contributed by atoms with Gasteiger partial charge in [-0.15, -0.1) is 0 Å². The van der Waals surface area contributed by atoms with E-state index in [0.717, 1.165) is 12.1 Å². The fraction of sp³-hybridized carbons (Fsp3) is 0.471. The summed E-state index contributed by atoms with van der Waals surface area (Å²) in [6.07, 6.45) is 0.120. The zero-order valence-corrected chi connectivity index (χ0v) is 13.8. The number of carbonyl (C=O) groups is 1. The summed E-state index contributed by atoms with van der Waals surface area (Å²) in [6.45, 7) is 5.46. The molecule has 1 saturated heterocycles. The Morgan fingerprint density at radius 3 is 3.00 bits per heavy atom. The van der Waals surface area contributed by atoms with Crippen LogP contribution in [-0.4, -0.2) is 46.7 Å². The van der Waals surface area contributed by atoms with Crippen molar-refractivity contribution in [3.63, 3.8) is 0 Å². The number of hydrogen-bond donors (Lipinski definition) is 1. The van der Waals surface area contributed by atoms with Crippen molar-refractivity contribution in [2.45, 2.75) is 32.5 Å². The molecule has 0 spiro atoms. The highest BCUT2D eigenvalue weighted by molar-refractivity contribution is 5.77. The molecule has 1 aromatic carbocycles. The van der Waals surface area contributed by atoms with Crippen LogP contribution in [0.4, 0.5) is 0 Å². The summed E-state index contributed by atoms with van der Waals surface area (Å²) in [7, 11) is 0. The first kappa shape index (κ1) is 16.6. The molecule has 128 valence electrons. The van der Waals surface area contributed by atoms with E-state index in [4.69, 9.17) is 9.26 Å². The Labute approximate surface area is 141 Å². The molecule has 7 heteroatoms. The number of nitrogens with zero attached hydrogens (tertiary/aromatic N) is 3. The molecule has 0 unspecified atom stereocenters. The van der Waals surface area contributed by atoms with Crippen molar-refractivity contribution in [1.29, 1.82) is 0 Å². The number of benzene rings is 1. The molecule has 2 aromatic rings. The van der Waals surface area contributed by atoms with Crippen molar-refractivity contribution in [3.8, 4) is 0 Å². The first-order valence-corrected chi connectivity index (χ1v) is 8.14. The van der Waals surface area contributed by atoms with Gasteiger partial charge in [0, 0.05) is 19.1 Å². The second-order valence-electron chi connectivity index (χ2n) is 5.94. The highest BCUT2D eigenvalue weighted by Crippen LogP contribution is 2.11. The summed E-state index contributed by atoms with van der Waals surface area (Å²) in [5.74, 6) is 0.831. The molecule has 1 fully saturated rings. The van der Waals surface area contributed by atoms with Gasteiger partial charge in [0.1, 0.15) is 0 Å². The molecule has 1 N–H and O–H groups in total. The maximum absolute atomic E-state index is 12.0. The second-order valence-corrected chi connectivity index (χ2v) is 5.94. The van der Waals surface area contributed by atoms with Gasteiger partial charge in [-0.25, -0.2) is 0 Å². The standard InChI is InChI=1S/C17H22N4O3/c1-13-12-23-8-7-21(13)11-17-19-15(20-24-17)9-16(22)18-10-14-5-3-2-4-6-14/h2-6,13H,7-12H2,1H3,(H,18,22)/t13-/m1/s1. The van der Waals surface area contributed by atoms with E-state index >= 15 is 0 Å². The van der Waals surface area contributed by atoms with Crippen LogP contribution in [0.5, 0.6) is 0 Å². The Balaban J connectivity index is 1.47. The van der Waals surface area contributed by atoms with Crippen LogP contribution in [0.1, 0.15) is 24.2 Å². The van der Waals surface area contributed by atoms with Crippen LogP contribution in [0.15, 0.2) is 34.9 Å². The van der Waals surface area contributed by atoms with Gasteiger partial charge >= 0.3 is 0 Å². The number of morpholine rings is 1. The van der Waals surface area contributed by atoms with E-state index in [9.17, 15) is 4.79 Å². The molecule has 0 bridgehead atoms. The Morgan fingerprint density at radius 1 is 1.38 bits per heavy atom. The van der Waals surface area contributed by atoms with Gasteiger partial charge in [-0.05, 0) is 12.5 Å². The number of nitrogens with one attached hydrogen (secondary N) is 1. The molecule has 1 aliphatic rings. The summed E-state index contributed by atoms with van der Waals surface area (Å²) in [5, 5.41) is 6.75. The molecule has 24 heavy (non-hydrogen) atoms. The van der Waals surface area contributed by atoms with Gasteiger partial charge < -0.3 is 14.6 Å². The molecule has 1 atom stereocenters. The highest BCUT2D eigenvalue weighted by atomic mass is 16.5. The van der Waals surface area contributed by atoms with Gasteiger partial charge in [0.05, 0.1) is 26.2 Å². The summed E-state index contributed by atoms with van der Waals surface area (Å²) < 4.78 is 10.7. The van der Waals surface area contributed by atoms with Gasteiger partial charge in [0.2, 0.25) is 11.8 Å². The zero-order valence-electron chi connectivity index (χ0n) is 13.8. The maximum Gasteiger partial charge on any atom is 0.240 e. The van der Waals surface area contributed by atoms with Gasteiger partial charge in [-0.2, -0.15) is 4.98 Å². The lowest BCUT2D eigenvalue weighted by Gasteiger charge is -2.31. The Morgan fingerprint density at radius 2 is 2.21 bits per heavy atom. The first-order chi connectivity index (χ1) is 11.7. The van der Waals surface area contributed by atoms with E-state index in [1.54, 1.807) is 0 Å². The van der Waals surface area contributed by atoms with Crippen LogP contribution >= 0.6 is 0 Å². The number of aromatic nitrogens is 2. The molecule has 1 amide bonds. The minimum atomic E-state index is -0.119. The minimum absolute atomic E-state index is 0.119. The molecule has 2 heterocycles. The molecular weight excluding hydrogens is 308 g/mol. The van der Waals surface area contributed by atoms with Crippen molar-refractivity contribution in [2.24, 2.45) is 0 Å². The predicted molar refractivity (Wildman–Crippen MR) is 87.0 cm³/mol. The number of hydrogen-bond acceptors (Lipinski definition) is 6. The van der Waals surface area contributed by atoms with Crippen molar-refractivity contribution >= 4 is 5.91 Å². The quantitative estimate of drug-likeness (QED) is 0.856. The normalized spacial score (nSPS) is 18.5. The maximum atomic E-state index is 12.0.